The van der Waals surface area contributed by atoms with E-state index in [0.29, 0.717) is 29.1 Å². The van der Waals surface area contributed by atoms with Crippen molar-refractivity contribution in [1.82, 2.24) is 14.9 Å². The number of aromatic nitrogens is 2. The van der Waals surface area contributed by atoms with E-state index in [4.69, 9.17) is 4.74 Å². The Morgan fingerprint density at radius 2 is 1.93 bits per heavy atom. The Morgan fingerprint density at radius 3 is 2.57 bits per heavy atom. The normalized spacial score (nSPS) is 16.3. The van der Waals surface area contributed by atoms with Crippen LogP contribution in [0, 0.1) is 11.8 Å². The molecule has 2 aromatic rings. The Balaban J connectivity index is 1.76. The van der Waals surface area contributed by atoms with Gasteiger partial charge >= 0.3 is 0 Å². The number of ether oxygens (including phenoxy) is 1. The molecule has 0 spiro atoms. The van der Waals surface area contributed by atoms with Gasteiger partial charge in [0, 0.05) is 17.1 Å². The molecular formula is C22H30BrN3O2. The van der Waals surface area contributed by atoms with Crippen molar-refractivity contribution in [2.45, 2.75) is 45.6 Å². The van der Waals surface area contributed by atoms with Gasteiger partial charge in [-0.05, 0) is 74.9 Å². The van der Waals surface area contributed by atoms with Gasteiger partial charge in [-0.3, -0.25) is 9.36 Å². The summed E-state index contributed by atoms with van der Waals surface area (Å²) in [6, 6.07) is 7.92. The summed E-state index contributed by atoms with van der Waals surface area (Å²) in [5.41, 5.74) is 1.19. The van der Waals surface area contributed by atoms with Crippen LogP contribution in [0.3, 0.4) is 0 Å². The number of nitrogens with zero attached hydrogens (tertiary/aromatic N) is 2. The number of halogens is 1. The van der Waals surface area contributed by atoms with Crippen molar-refractivity contribution in [3.63, 3.8) is 0 Å². The molecule has 1 unspecified atom stereocenters. The summed E-state index contributed by atoms with van der Waals surface area (Å²) < 4.78 is 9.12. The quantitative estimate of drug-likeness (QED) is 0.600. The van der Waals surface area contributed by atoms with Crippen molar-refractivity contribution in [3.8, 4) is 6.01 Å². The van der Waals surface area contributed by atoms with E-state index < -0.39 is 0 Å². The predicted octanol–water partition coefficient (Wildman–Crippen LogP) is 4.60. The molecule has 1 aliphatic heterocycles. The Labute approximate surface area is 176 Å². The zero-order valence-corrected chi connectivity index (χ0v) is 18.5. The summed E-state index contributed by atoms with van der Waals surface area (Å²) >= 11 is 3.41. The number of ketones is 1. The highest BCUT2D eigenvalue weighted by Crippen LogP contribution is 2.26. The molecule has 1 aromatic carbocycles. The number of carbonyl (C=O) groups is 1. The third-order valence-electron chi connectivity index (χ3n) is 5.48. The Kier molecular flexibility index (Phi) is 7.30. The average molecular weight is 448 g/mol. The van der Waals surface area contributed by atoms with Crippen LogP contribution in [0.25, 0.3) is 0 Å². The second kappa shape index (κ2) is 9.70. The minimum Gasteiger partial charge on any atom is -0.461 e. The number of hydrogen-bond acceptors (Lipinski definition) is 4. The van der Waals surface area contributed by atoms with Crippen molar-refractivity contribution < 1.29 is 9.53 Å². The van der Waals surface area contributed by atoms with Crippen LogP contribution in [0.15, 0.2) is 34.9 Å². The molecule has 1 aromatic heterocycles. The first-order valence-electron chi connectivity index (χ1n) is 10.1. The molecule has 1 saturated heterocycles. The summed E-state index contributed by atoms with van der Waals surface area (Å²) in [4.78, 5) is 17.3. The number of hydrogen-bond donors (Lipinski definition) is 1. The van der Waals surface area contributed by atoms with Crippen LogP contribution < -0.4 is 10.1 Å². The minimum atomic E-state index is -0.0436. The fraction of sp³-hybridized carbons (Fsp3) is 0.545. The summed E-state index contributed by atoms with van der Waals surface area (Å²) in [6.45, 7) is 6.57. The maximum absolute atomic E-state index is 12.9. The molecule has 5 nitrogen and oxygen atoms in total. The second-order valence-corrected chi connectivity index (χ2v) is 8.95. The monoisotopic (exact) mass is 447 g/mol. The third kappa shape index (κ3) is 5.23. The first-order valence-corrected chi connectivity index (χ1v) is 10.9. The van der Waals surface area contributed by atoms with Crippen molar-refractivity contribution >= 4 is 21.7 Å². The molecule has 0 radical (unpaired) electrons. The maximum atomic E-state index is 12.9. The Hall–Kier alpha value is -1.66. The van der Waals surface area contributed by atoms with Crippen LogP contribution in [0.5, 0.6) is 6.01 Å². The Bertz CT molecular complexity index is 780. The highest BCUT2D eigenvalue weighted by Gasteiger charge is 2.27. The van der Waals surface area contributed by atoms with E-state index in [9.17, 15) is 4.79 Å². The van der Waals surface area contributed by atoms with E-state index >= 15 is 0 Å². The lowest BCUT2D eigenvalue weighted by Crippen LogP contribution is -2.37. The molecular weight excluding hydrogens is 418 g/mol. The van der Waals surface area contributed by atoms with E-state index in [1.54, 1.807) is 10.8 Å². The first kappa shape index (κ1) is 21.1. The van der Waals surface area contributed by atoms with Crippen LogP contribution in [0.1, 0.15) is 55.6 Å². The van der Waals surface area contributed by atoms with E-state index in [0.717, 1.165) is 43.2 Å². The van der Waals surface area contributed by atoms with Gasteiger partial charge < -0.3 is 10.1 Å². The van der Waals surface area contributed by atoms with Gasteiger partial charge in [-0.15, -0.1) is 0 Å². The number of imidazole rings is 1. The fourth-order valence-electron chi connectivity index (χ4n) is 3.70. The van der Waals surface area contributed by atoms with Crippen molar-refractivity contribution in [2.75, 3.05) is 13.1 Å². The topological polar surface area (TPSA) is 56.1 Å². The predicted molar refractivity (Wildman–Crippen MR) is 115 cm³/mol. The van der Waals surface area contributed by atoms with E-state index in [2.05, 4.69) is 40.1 Å². The van der Waals surface area contributed by atoms with Gasteiger partial charge in [-0.2, -0.15) is 0 Å². The minimum absolute atomic E-state index is 0.0436. The maximum Gasteiger partial charge on any atom is 0.296 e. The molecule has 0 aliphatic carbocycles. The molecule has 0 amide bonds. The molecule has 1 atom stereocenters. The lowest BCUT2D eigenvalue weighted by atomic mass is 9.88. The van der Waals surface area contributed by atoms with Gasteiger partial charge in [-0.25, -0.2) is 4.98 Å². The fourth-order valence-corrected chi connectivity index (χ4v) is 3.97. The summed E-state index contributed by atoms with van der Waals surface area (Å²) in [6.07, 6.45) is 6.16. The van der Waals surface area contributed by atoms with Gasteiger partial charge in [-0.1, -0.05) is 29.8 Å². The van der Waals surface area contributed by atoms with Crippen LogP contribution in [0.4, 0.5) is 0 Å². The number of nitrogens with one attached hydrogen (secondary N) is 1. The second-order valence-electron chi connectivity index (χ2n) is 8.04. The van der Waals surface area contributed by atoms with E-state index in [1.807, 2.05) is 31.3 Å². The molecule has 3 rings (SSSR count). The molecule has 0 bridgehead atoms. The molecule has 0 saturated carbocycles. The highest BCUT2D eigenvalue weighted by atomic mass is 79.9. The lowest BCUT2D eigenvalue weighted by molar-refractivity contribution is 0.0849. The summed E-state index contributed by atoms with van der Waals surface area (Å²) in [5.74, 6) is 1.13. The SMILES string of the molecule is CC(C)CCC(Oc1ncc(C(=O)c2ccc(Br)cc2)n1C)C1CCNCC1. The van der Waals surface area contributed by atoms with Gasteiger partial charge in [0.2, 0.25) is 5.78 Å². The lowest BCUT2D eigenvalue weighted by Gasteiger charge is -2.31. The molecule has 1 aliphatic rings. The van der Waals surface area contributed by atoms with Gasteiger partial charge in [0.15, 0.2) is 0 Å². The zero-order valence-electron chi connectivity index (χ0n) is 17.0. The van der Waals surface area contributed by atoms with Crippen LogP contribution in [-0.4, -0.2) is 34.5 Å². The zero-order chi connectivity index (χ0) is 20.1. The van der Waals surface area contributed by atoms with E-state index in [1.165, 1.54) is 0 Å². The summed E-state index contributed by atoms with van der Waals surface area (Å²) in [5, 5.41) is 3.43. The Morgan fingerprint density at radius 1 is 1.25 bits per heavy atom. The smallest absolute Gasteiger partial charge is 0.296 e. The van der Waals surface area contributed by atoms with Crippen molar-refractivity contribution in [3.05, 3.63) is 46.2 Å². The average Bonchev–Trinajstić information content (AvgIpc) is 3.06. The third-order valence-corrected chi connectivity index (χ3v) is 6.01. The number of benzene rings is 1. The standard InChI is InChI=1S/C22H30BrN3O2/c1-15(2)4-9-20(16-10-12-24-13-11-16)28-22-25-14-19(26(22)3)21(27)17-5-7-18(23)8-6-17/h5-8,14-16,20,24H,4,9-13H2,1-3H3. The molecule has 1 fully saturated rings. The molecule has 1 N–H and O–H groups in total. The number of carbonyl (C=O) groups excluding carboxylic acids is 1. The molecule has 2 heterocycles. The van der Waals surface area contributed by atoms with Crippen LogP contribution in [0.2, 0.25) is 0 Å². The van der Waals surface area contributed by atoms with Crippen molar-refractivity contribution in [2.24, 2.45) is 18.9 Å². The van der Waals surface area contributed by atoms with E-state index in [-0.39, 0.29) is 11.9 Å². The van der Waals surface area contributed by atoms with Gasteiger partial charge in [0.05, 0.1) is 6.20 Å². The molecule has 28 heavy (non-hydrogen) atoms. The molecule has 152 valence electrons. The van der Waals surface area contributed by atoms with Gasteiger partial charge in [0.1, 0.15) is 11.8 Å². The van der Waals surface area contributed by atoms with Crippen molar-refractivity contribution in [1.29, 1.82) is 0 Å². The number of rotatable bonds is 8. The summed E-state index contributed by atoms with van der Waals surface area (Å²) in [7, 11) is 1.86. The first-order chi connectivity index (χ1) is 13.5. The highest BCUT2D eigenvalue weighted by molar-refractivity contribution is 9.10. The van der Waals surface area contributed by atoms with Crippen LogP contribution >= 0.6 is 15.9 Å². The number of piperidine rings is 1. The largest absolute Gasteiger partial charge is 0.461 e. The van der Waals surface area contributed by atoms with Gasteiger partial charge in [0.25, 0.3) is 6.01 Å². The van der Waals surface area contributed by atoms with Crippen LogP contribution in [-0.2, 0) is 7.05 Å². The molecule has 6 heteroatoms.